The summed E-state index contributed by atoms with van der Waals surface area (Å²) in [5.74, 6) is 0.812. The van der Waals surface area contributed by atoms with E-state index in [0.717, 1.165) is 18.0 Å². The topological polar surface area (TPSA) is 15.3 Å². The molecule has 0 amide bonds. The van der Waals surface area contributed by atoms with Crippen molar-refractivity contribution in [1.29, 1.82) is 0 Å². The van der Waals surface area contributed by atoms with E-state index in [-0.39, 0.29) is 0 Å². The van der Waals surface area contributed by atoms with Gasteiger partial charge >= 0.3 is 0 Å². The molecule has 0 radical (unpaired) electrons. The lowest BCUT2D eigenvalue weighted by Gasteiger charge is -2.25. The Kier molecular flexibility index (Phi) is 6.37. The SMILES string of the molecule is CCC(CCCN(CC(C)C)C1CC1)NC. The van der Waals surface area contributed by atoms with Gasteiger partial charge in [-0.15, -0.1) is 0 Å². The van der Waals surface area contributed by atoms with Gasteiger partial charge < -0.3 is 10.2 Å². The van der Waals surface area contributed by atoms with Crippen molar-refractivity contribution >= 4 is 0 Å². The van der Waals surface area contributed by atoms with Crippen molar-refractivity contribution in [3.63, 3.8) is 0 Å². The maximum Gasteiger partial charge on any atom is 0.00965 e. The van der Waals surface area contributed by atoms with Crippen molar-refractivity contribution < 1.29 is 0 Å². The molecular formula is C14H30N2. The Morgan fingerprint density at radius 3 is 2.44 bits per heavy atom. The molecule has 0 aromatic heterocycles. The van der Waals surface area contributed by atoms with E-state index in [2.05, 4.69) is 38.0 Å². The monoisotopic (exact) mass is 226 g/mol. The molecule has 1 rings (SSSR count). The molecule has 2 nitrogen and oxygen atoms in total. The van der Waals surface area contributed by atoms with Crippen molar-refractivity contribution in [2.75, 3.05) is 20.1 Å². The highest BCUT2D eigenvalue weighted by Crippen LogP contribution is 2.27. The second kappa shape index (κ2) is 7.29. The van der Waals surface area contributed by atoms with Gasteiger partial charge in [0.25, 0.3) is 0 Å². The predicted octanol–water partition coefficient (Wildman–Crippen LogP) is 2.89. The predicted molar refractivity (Wildman–Crippen MR) is 71.8 cm³/mol. The molecule has 0 spiro atoms. The van der Waals surface area contributed by atoms with E-state index in [1.54, 1.807) is 0 Å². The summed E-state index contributed by atoms with van der Waals surface area (Å²) in [7, 11) is 2.08. The minimum atomic E-state index is 0.722. The molecular weight excluding hydrogens is 196 g/mol. The molecule has 1 aliphatic rings. The fourth-order valence-corrected chi connectivity index (χ4v) is 2.42. The maximum absolute atomic E-state index is 3.39. The molecule has 16 heavy (non-hydrogen) atoms. The van der Waals surface area contributed by atoms with Crippen molar-refractivity contribution in [2.24, 2.45) is 5.92 Å². The highest BCUT2D eigenvalue weighted by Gasteiger charge is 2.28. The molecule has 1 fully saturated rings. The first-order valence-corrected chi connectivity index (χ1v) is 7.08. The van der Waals surface area contributed by atoms with E-state index < -0.39 is 0 Å². The fourth-order valence-electron chi connectivity index (χ4n) is 2.42. The molecule has 1 atom stereocenters. The van der Waals surface area contributed by atoms with E-state index in [4.69, 9.17) is 0 Å². The zero-order valence-electron chi connectivity index (χ0n) is 11.6. The third-order valence-electron chi connectivity index (χ3n) is 3.56. The molecule has 0 saturated heterocycles. The maximum atomic E-state index is 3.39. The van der Waals surface area contributed by atoms with Crippen LogP contribution < -0.4 is 5.32 Å². The average Bonchev–Trinajstić information content (AvgIpc) is 3.06. The van der Waals surface area contributed by atoms with E-state index in [9.17, 15) is 0 Å². The summed E-state index contributed by atoms with van der Waals surface area (Å²) in [5.41, 5.74) is 0. The van der Waals surface area contributed by atoms with Gasteiger partial charge in [0.1, 0.15) is 0 Å². The summed E-state index contributed by atoms with van der Waals surface area (Å²) in [5, 5.41) is 3.39. The van der Waals surface area contributed by atoms with Crippen LogP contribution in [0, 0.1) is 5.92 Å². The van der Waals surface area contributed by atoms with Crippen LogP contribution in [0.25, 0.3) is 0 Å². The molecule has 0 aromatic carbocycles. The smallest absolute Gasteiger partial charge is 0.00965 e. The van der Waals surface area contributed by atoms with Crippen LogP contribution in [-0.4, -0.2) is 37.1 Å². The quantitative estimate of drug-likeness (QED) is 0.650. The summed E-state index contributed by atoms with van der Waals surface area (Å²) in [4.78, 5) is 2.72. The van der Waals surface area contributed by atoms with E-state index in [1.165, 1.54) is 45.2 Å². The number of hydrogen-bond donors (Lipinski definition) is 1. The summed E-state index contributed by atoms with van der Waals surface area (Å²) >= 11 is 0. The van der Waals surface area contributed by atoms with Gasteiger partial charge in [0.2, 0.25) is 0 Å². The second-order valence-corrected chi connectivity index (χ2v) is 5.66. The van der Waals surface area contributed by atoms with Crippen LogP contribution in [-0.2, 0) is 0 Å². The molecule has 1 aliphatic carbocycles. The van der Waals surface area contributed by atoms with Crippen LogP contribution in [0.5, 0.6) is 0 Å². The Balaban J connectivity index is 2.16. The second-order valence-electron chi connectivity index (χ2n) is 5.66. The normalized spacial score (nSPS) is 18.4. The van der Waals surface area contributed by atoms with Gasteiger partial charge in [0, 0.05) is 18.6 Å². The molecule has 1 unspecified atom stereocenters. The Labute approximate surface area is 102 Å². The van der Waals surface area contributed by atoms with Crippen molar-refractivity contribution in [1.82, 2.24) is 10.2 Å². The summed E-state index contributed by atoms with van der Waals surface area (Å²) in [6, 6.07) is 1.65. The molecule has 0 aromatic rings. The Hall–Kier alpha value is -0.0800. The van der Waals surface area contributed by atoms with Gasteiger partial charge in [-0.25, -0.2) is 0 Å². The van der Waals surface area contributed by atoms with Gasteiger partial charge in [-0.05, 0) is 51.6 Å². The lowest BCUT2D eigenvalue weighted by molar-refractivity contribution is 0.226. The number of rotatable bonds is 9. The zero-order valence-corrected chi connectivity index (χ0v) is 11.6. The third kappa shape index (κ3) is 5.31. The van der Waals surface area contributed by atoms with Crippen LogP contribution in [0.3, 0.4) is 0 Å². The molecule has 2 heteroatoms. The number of nitrogens with one attached hydrogen (secondary N) is 1. The standard InChI is InChI=1S/C14H30N2/c1-5-13(15-4)7-6-10-16(11-12(2)3)14-8-9-14/h12-15H,5-11H2,1-4H3. The molecule has 96 valence electrons. The minimum Gasteiger partial charge on any atom is -0.317 e. The van der Waals surface area contributed by atoms with Crippen molar-refractivity contribution in [2.45, 2.75) is 65.0 Å². The van der Waals surface area contributed by atoms with Gasteiger partial charge in [-0.3, -0.25) is 0 Å². The zero-order chi connectivity index (χ0) is 12.0. The Bertz CT molecular complexity index is 172. The third-order valence-corrected chi connectivity index (χ3v) is 3.56. The largest absolute Gasteiger partial charge is 0.317 e. The number of nitrogens with zero attached hydrogens (tertiary/aromatic N) is 1. The van der Waals surface area contributed by atoms with Crippen molar-refractivity contribution in [3.8, 4) is 0 Å². The van der Waals surface area contributed by atoms with Crippen LogP contribution in [0.15, 0.2) is 0 Å². The highest BCUT2D eigenvalue weighted by atomic mass is 15.2. The summed E-state index contributed by atoms with van der Waals surface area (Å²) in [6.07, 6.45) is 6.81. The van der Waals surface area contributed by atoms with Crippen LogP contribution in [0.4, 0.5) is 0 Å². The van der Waals surface area contributed by atoms with Crippen LogP contribution >= 0.6 is 0 Å². The highest BCUT2D eigenvalue weighted by molar-refractivity contribution is 4.85. The molecule has 1 saturated carbocycles. The molecule has 0 heterocycles. The van der Waals surface area contributed by atoms with E-state index >= 15 is 0 Å². The van der Waals surface area contributed by atoms with Crippen LogP contribution in [0.1, 0.15) is 52.9 Å². The fraction of sp³-hybridized carbons (Fsp3) is 1.00. The molecule has 0 aliphatic heterocycles. The van der Waals surface area contributed by atoms with Gasteiger partial charge in [0.05, 0.1) is 0 Å². The van der Waals surface area contributed by atoms with Crippen LogP contribution in [0.2, 0.25) is 0 Å². The van der Waals surface area contributed by atoms with Gasteiger partial charge in [-0.2, -0.15) is 0 Å². The van der Waals surface area contributed by atoms with Gasteiger partial charge in [-0.1, -0.05) is 20.8 Å². The first-order valence-electron chi connectivity index (χ1n) is 7.08. The Morgan fingerprint density at radius 2 is 2.00 bits per heavy atom. The molecule has 1 N–H and O–H groups in total. The first-order chi connectivity index (χ1) is 7.67. The number of hydrogen-bond acceptors (Lipinski definition) is 2. The first kappa shape index (κ1) is 14.0. The summed E-state index contributed by atoms with van der Waals surface area (Å²) in [6.45, 7) is 9.53. The van der Waals surface area contributed by atoms with Crippen molar-refractivity contribution in [3.05, 3.63) is 0 Å². The average molecular weight is 226 g/mol. The Morgan fingerprint density at radius 1 is 1.31 bits per heavy atom. The van der Waals surface area contributed by atoms with E-state index in [0.29, 0.717) is 0 Å². The molecule has 0 bridgehead atoms. The summed E-state index contributed by atoms with van der Waals surface area (Å²) < 4.78 is 0. The lowest BCUT2D eigenvalue weighted by atomic mass is 10.1. The van der Waals surface area contributed by atoms with Gasteiger partial charge in [0.15, 0.2) is 0 Å². The van der Waals surface area contributed by atoms with E-state index in [1.807, 2.05) is 0 Å². The minimum absolute atomic E-state index is 0.722. The lowest BCUT2D eigenvalue weighted by Crippen LogP contribution is -2.32.